The lowest BCUT2D eigenvalue weighted by molar-refractivity contribution is -0.0336. The van der Waals surface area contributed by atoms with Crippen LogP contribution in [-0.2, 0) is 4.74 Å². The SMILES string of the molecule is Cc1cn([C@@H]2O[C@H](CI)C(O)[C@@H]2O)c(=O)[nH]c1=O. The first kappa shape index (κ1) is 13.7. The number of halogens is 1. The van der Waals surface area contributed by atoms with Crippen molar-refractivity contribution in [2.75, 3.05) is 4.43 Å². The van der Waals surface area contributed by atoms with Crippen LogP contribution in [0.3, 0.4) is 0 Å². The molecule has 0 saturated carbocycles. The fraction of sp³-hybridized carbons (Fsp3) is 0.600. The van der Waals surface area contributed by atoms with E-state index in [0.29, 0.717) is 9.99 Å². The lowest BCUT2D eigenvalue weighted by atomic mass is 10.1. The average Bonchev–Trinajstić information content (AvgIpc) is 2.61. The number of hydrogen-bond acceptors (Lipinski definition) is 5. The fourth-order valence-corrected chi connectivity index (χ4v) is 2.59. The van der Waals surface area contributed by atoms with E-state index in [2.05, 4.69) is 4.98 Å². The highest BCUT2D eigenvalue weighted by Gasteiger charge is 2.43. The Labute approximate surface area is 116 Å². The Morgan fingerprint density at radius 2 is 2.11 bits per heavy atom. The van der Waals surface area contributed by atoms with Gasteiger partial charge in [-0.15, -0.1) is 0 Å². The smallest absolute Gasteiger partial charge is 0.330 e. The van der Waals surface area contributed by atoms with Crippen LogP contribution in [0.5, 0.6) is 0 Å². The highest BCUT2D eigenvalue weighted by molar-refractivity contribution is 14.1. The summed E-state index contributed by atoms with van der Waals surface area (Å²) in [6.45, 7) is 1.54. The van der Waals surface area contributed by atoms with E-state index in [9.17, 15) is 19.8 Å². The Balaban J connectivity index is 2.42. The number of nitrogens with zero attached hydrogens (tertiary/aromatic N) is 1. The summed E-state index contributed by atoms with van der Waals surface area (Å²) in [5, 5.41) is 19.6. The quantitative estimate of drug-likeness (QED) is 0.454. The zero-order valence-corrected chi connectivity index (χ0v) is 11.7. The third kappa shape index (κ3) is 2.25. The molecule has 1 fully saturated rings. The number of aliphatic hydroxyl groups is 2. The minimum Gasteiger partial charge on any atom is -0.387 e. The number of rotatable bonds is 2. The van der Waals surface area contributed by atoms with Gasteiger partial charge in [0.1, 0.15) is 12.2 Å². The van der Waals surface area contributed by atoms with Gasteiger partial charge >= 0.3 is 5.69 Å². The Morgan fingerprint density at radius 3 is 2.67 bits per heavy atom. The molecule has 1 aromatic heterocycles. The summed E-state index contributed by atoms with van der Waals surface area (Å²) in [5.74, 6) is 0. The van der Waals surface area contributed by atoms with E-state index in [-0.39, 0.29) is 0 Å². The third-order valence-electron chi connectivity index (χ3n) is 2.91. The number of hydrogen-bond donors (Lipinski definition) is 3. The lowest BCUT2D eigenvalue weighted by Crippen LogP contribution is -2.38. The molecule has 0 aromatic carbocycles. The molecular formula is C10H13IN2O5. The van der Waals surface area contributed by atoms with E-state index in [1.807, 2.05) is 22.6 Å². The fourth-order valence-electron chi connectivity index (χ4n) is 1.86. The van der Waals surface area contributed by atoms with Gasteiger partial charge in [-0.1, -0.05) is 22.6 Å². The average molecular weight is 368 g/mol. The topological polar surface area (TPSA) is 105 Å². The molecule has 1 aliphatic rings. The van der Waals surface area contributed by atoms with Gasteiger partial charge in [-0.2, -0.15) is 0 Å². The molecule has 0 amide bonds. The Bertz CT molecular complexity index is 554. The second kappa shape index (κ2) is 5.11. The van der Waals surface area contributed by atoms with Crippen molar-refractivity contribution in [3.63, 3.8) is 0 Å². The lowest BCUT2D eigenvalue weighted by Gasteiger charge is -2.17. The van der Waals surface area contributed by atoms with Crippen LogP contribution in [0.1, 0.15) is 11.8 Å². The molecule has 1 unspecified atom stereocenters. The second-order valence-corrected chi connectivity index (χ2v) is 5.06. The van der Waals surface area contributed by atoms with Crippen LogP contribution in [-0.4, -0.2) is 42.5 Å². The van der Waals surface area contributed by atoms with E-state index in [4.69, 9.17) is 4.74 Å². The van der Waals surface area contributed by atoms with Crippen molar-refractivity contribution < 1.29 is 14.9 Å². The molecule has 4 atom stereocenters. The zero-order valence-electron chi connectivity index (χ0n) is 9.54. The molecule has 1 saturated heterocycles. The molecule has 1 aliphatic heterocycles. The number of nitrogens with one attached hydrogen (secondary N) is 1. The first-order valence-electron chi connectivity index (χ1n) is 5.35. The number of aromatic amines is 1. The van der Waals surface area contributed by atoms with Gasteiger partial charge in [0, 0.05) is 16.2 Å². The molecule has 0 radical (unpaired) electrons. The number of aliphatic hydroxyl groups excluding tert-OH is 2. The highest BCUT2D eigenvalue weighted by Crippen LogP contribution is 2.29. The summed E-state index contributed by atoms with van der Waals surface area (Å²) in [6.07, 6.45) is -2.46. The van der Waals surface area contributed by atoms with Crippen molar-refractivity contribution in [1.29, 1.82) is 0 Å². The molecule has 0 bridgehead atoms. The van der Waals surface area contributed by atoms with Crippen molar-refractivity contribution in [2.24, 2.45) is 0 Å². The van der Waals surface area contributed by atoms with Gasteiger partial charge in [0.25, 0.3) is 5.56 Å². The number of ether oxygens (including phenoxy) is 1. The summed E-state index contributed by atoms with van der Waals surface area (Å²) >= 11 is 2.02. The molecule has 0 spiro atoms. The third-order valence-corrected chi connectivity index (χ3v) is 3.78. The first-order chi connectivity index (χ1) is 8.45. The van der Waals surface area contributed by atoms with E-state index >= 15 is 0 Å². The molecule has 2 rings (SSSR count). The predicted octanol–water partition coefficient (Wildman–Crippen LogP) is -1.10. The maximum atomic E-state index is 11.7. The molecular weight excluding hydrogens is 355 g/mol. The standard InChI is InChI=1S/C10H13IN2O5/c1-4-3-13(10(17)12-8(4)16)9-7(15)6(14)5(2-11)18-9/h3,5-7,9,14-15H,2H2,1H3,(H,12,16,17)/t5-,6?,7+,9-/m1/s1. The molecule has 0 aliphatic carbocycles. The second-order valence-electron chi connectivity index (χ2n) is 4.18. The van der Waals surface area contributed by atoms with E-state index in [1.165, 1.54) is 6.20 Å². The Hall–Kier alpha value is -0.710. The summed E-state index contributed by atoms with van der Waals surface area (Å²) in [7, 11) is 0. The van der Waals surface area contributed by atoms with Crippen LogP contribution in [0.25, 0.3) is 0 Å². The van der Waals surface area contributed by atoms with Gasteiger partial charge in [0.05, 0.1) is 6.10 Å². The largest absolute Gasteiger partial charge is 0.387 e. The van der Waals surface area contributed by atoms with Crippen LogP contribution in [0.15, 0.2) is 15.8 Å². The molecule has 1 aromatic rings. The van der Waals surface area contributed by atoms with E-state index < -0.39 is 35.8 Å². The summed E-state index contributed by atoms with van der Waals surface area (Å²) in [5.41, 5.74) is -0.816. The minimum absolute atomic E-state index is 0.331. The van der Waals surface area contributed by atoms with Crippen LogP contribution >= 0.6 is 22.6 Å². The number of aromatic nitrogens is 2. The van der Waals surface area contributed by atoms with Crippen molar-refractivity contribution >= 4 is 22.6 Å². The summed E-state index contributed by atoms with van der Waals surface area (Å²) < 4.78 is 7.01. The van der Waals surface area contributed by atoms with Crippen LogP contribution in [0.4, 0.5) is 0 Å². The molecule has 7 nitrogen and oxygen atoms in total. The molecule has 3 N–H and O–H groups in total. The molecule has 8 heteroatoms. The predicted molar refractivity (Wildman–Crippen MR) is 70.9 cm³/mol. The minimum atomic E-state index is -1.20. The first-order valence-corrected chi connectivity index (χ1v) is 6.88. The maximum Gasteiger partial charge on any atom is 0.330 e. The Morgan fingerprint density at radius 1 is 1.44 bits per heavy atom. The van der Waals surface area contributed by atoms with E-state index in [0.717, 1.165) is 4.57 Å². The maximum absolute atomic E-state index is 11.7. The van der Waals surface area contributed by atoms with Crippen molar-refractivity contribution in [1.82, 2.24) is 9.55 Å². The number of aryl methyl sites for hydroxylation is 1. The van der Waals surface area contributed by atoms with Crippen molar-refractivity contribution in [3.05, 3.63) is 32.6 Å². The number of H-pyrrole nitrogens is 1. The molecule has 100 valence electrons. The highest BCUT2D eigenvalue weighted by atomic mass is 127. The molecule has 2 heterocycles. The van der Waals surface area contributed by atoms with Gasteiger partial charge in [0.15, 0.2) is 6.23 Å². The van der Waals surface area contributed by atoms with Crippen LogP contribution in [0, 0.1) is 6.92 Å². The van der Waals surface area contributed by atoms with Crippen LogP contribution < -0.4 is 11.2 Å². The van der Waals surface area contributed by atoms with Crippen molar-refractivity contribution in [3.8, 4) is 0 Å². The monoisotopic (exact) mass is 368 g/mol. The zero-order chi connectivity index (χ0) is 13.4. The van der Waals surface area contributed by atoms with Gasteiger partial charge in [0.2, 0.25) is 0 Å². The van der Waals surface area contributed by atoms with Gasteiger partial charge in [-0.25, -0.2) is 4.79 Å². The van der Waals surface area contributed by atoms with Gasteiger partial charge in [-0.3, -0.25) is 14.3 Å². The normalized spacial score (nSPS) is 31.8. The van der Waals surface area contributed by atoms with Crippen LogP contribution in [0.2, 0.25) is 0 Å². The van der Waals surface area contributed by atoms with Gasteiger partial charge in [-0.05, 0) is 6.92 Å². The number of alkyl halides is 1. The van der Waals surface area contributed by atoms with E-state index in [1.54, 1.807) is 6.92 Å². The summed E-state index contributed by atoms with van der Waals surface area (Å²) in [4.78, 5) is 25.0. The van der Waals surface area contributed by atoms with Gasteiger partial charge < -0.3 is 14.9 Å². The van der Waals surface area contributed by atoms with Crippen molar-refractivity contribution in [2.45, 2.75) is 31.5 Å². The summed E-state index contributed by atoms with van der Waals surface area (Å²) in [6, 6.07) is 0. The molecule has 18 heavy (non-hydrogen) atoms. The Kier molecular flexibility index (Phi) is 3.90.